The molecule has 0 spiro atoms. The number of nitrogens with one attached hydrogen (secondary N) is 2. The number of halogens is 2. The van der Waals surface area contributed by atoms with Gasteiger partial charge in [0.2, 0.25) is 5.91 Å². The van der Waals surface area contributed by atoms with E-state index in [1.807, 2.05) is 19.9 Å². The first-order chi connectivity index (χ1) is 15.2. The summed E-state index contributed by atoms with van der Waals surface area (Å²) in [5, 5.41) is 7.74. The van der Waals surface area contributed by atoms with Crippen molar-refractivity contribution in [2.75, 3.05) is 5.32 Å². The smallest absolute Gasteiger partial charge is 0.262 e. The Morgan fingerprint density at radius 2 is 1.88 bits per heavy atom. The third-order valence-electron chi connectivity index (χ3n) is 4.42. The normalized spacial score (nSPS) is 12.2. The van der Waals surface area contributed by atoms with Gasteiger partial charge >= 0.3 is 0 Å². The molecule has 0 aliphatic carbocycles. The van der Waals surface area contributed by atoms with Crippen LogP contribution in [0, 0.1) is 13.8 Å². The highest BCUT2D eigenvalue weighted by atomic mass is 35.5. The molecule has 0 radical (unpaired) electrons. The van der Waals surface area contributed by atoms with E-state index < -0.39 is 5.25 Å². The quantitative estimate of drug-likeness (QED) is 0.321. The van der Waals surface area contributed by atoms with Crippen molar-refractivity contribution in [3.8, 4) is 5.95 Å². The molecule has 3 aromatic heterocycles. The maximum atomic E-state index is 12.6. The molecule has 2 N–H and O–H groups in total. The van der Waals surface area contributed by atoms with Gasteiger partial charge in [-0.2, -0.15) is 9.78 Å². The number of benzene rings is 1. The van der Waals surface area contributed by atoms with E-state index in [-0.39, 0.29) is 16.6 Å². The number of fused-ring (bicyclic) bond motifs is 1. The molecule has 0 aliphatic heterocycles. The molecule has 0 bridgehead atoms. The Morgan fingerprint density at radius 3 is 2.56 bits per heavy atom. The van der Waals surface area contributed by atoms with Crippen molar-refractivity contribution in [1.82, 2.24) is 29.7 Å². The van der Waals surface area contributed by atoms with Crippen molar-refractivity contribution < 1.29 is 4.79 Å². The molecule has 9 nitrogen and oxygen atoms in total. The van der Waals surface area contributed by atoms with Crippen LogP contribution in [-0.4, -0.2) is 40.9 Å². The third kappa shape index (κ3) is 4.62. The first-order valence-electron chi connectivity index (χ1n) is 9.44. The van der Waals surface area contributed by atoms with Gasteiger partial charge in [-0.05, 0) is 45.0 Å². The zero-order valence-electron chi connectivity index (χ0n) is 17.2. The highest BCUT2D eigenvalue weighted by Gasteiger charge is 2.20. The number of aromatic amines is 1. The number of rotatable bonds is 5. The molecule has 12 heteroatoms. The van der Waals surface area contributed by atoms with Gasteiger partial charge in [-0.3, -0.25) is 9.59 Å². The third-order valence-corrected chi connectivity index (χ3v) is 5.95. The van der Waals surface area contributed by atoms with Crippen molar-refractivity contribution in [2.24, 2.45) is 0 Å². The van der Waals surface area contributed by atoms with Crippen molar-refractivity contribution >= 4 is 57.6 Å². The largest absolute Gasteiger partial charge is 0.324 e. The monoisotopic (exact) mass is 489 g/mol. The fourth-order valence-electron chi connectivity index (χ4n) is 2.95. The Hall–Kier alpha value is -2.95. The molecule has 0 aliphatic rings. The van der Waals surface area contributed by atoms with Crippen LogP contribution in [0.5, 0.6) is 0 Å². The van der Waals surface area contributed by atoms with Gasteiger partial charge in [-0.15, -0.1) is 0 Å². The Bertz CT molecular complexity index is 1380. The van der Waals surface area contributed by atoms with Crippen molar-refractivity contribution in [1.29, 1.82) is 0 Å². The first-order valence-corrected chi connectivity index (χ1v) is 11.1. The van der Waals surface area contributed by atoms with E-state index in [2.05, 4.69) is 30.4 Å². The highest BCUT2D eigenvalue weighted by molar-refractivity contribution is 8.00. The maximum Gasteiger partial charge on any atom is 0.262 e. The summed E-state index contributed by atoms with van der Waals surface area (Å²) in [5.41, 5.74) is 1.90. The molecule has 164 valence electrons. The summed E-state index contributed by atoms with van der Waals surface area (Å²) in [6.45, 7) is 5.38. The second kappa shape index (κ2) is 8.89. The second-order valence-corrected chi connectivity index (χ2v) is 9.16. The minimum Gasteiger partial charge on any atom is -0.324 e. The zero-order chi connectivity index (χ0) is 23.0. The summed E-state index contributed by atoms with van der Waals surface area (Å²) >= 11 is 13.1. The van der Waals surface area contributed by atoms with Crippen LogP contribution in [0.4, 0.5) is 5.69 Å². The minimum absolute atomic E-state index is 0.262. The van der Waals surface area contributed by atoms with Gasteiger partial charge in [0.1, 0.15) is 5.39 Å². The second-order valence-electron chi connectivity index (χ2n) is 6.99. The van der Waals surface area contributed by atoms with Crippen LogP contribution in [0.15, 0.2) is 40.4 Å². The van der Waals surface area contributed by atoms with E-state index in [1.165, 1.54) is 10.9 Å². The predicted octanol–water partition coefficient (Wildman–Crippen LogP) is 3.94. The Kier molecular flexibility index (Phi) is 6.18. The molecule has 4 rings (SSSR count). The number of aromatic nitrogens is 6. The molecule has 1 amide bonds. The maximum absolute atomic E-state index is 12.6. The minimum atomic E-state index is -0.587. The van der Waals surface area contributed by atoms with Gasteiger partial charge in [0.15, 0.2) is 10.8 Å². The van der Waals surface area contributed by atoms with Crippen LogP contribution in [0.1, 0.15) is 18.3 Å². The molecule has 3 heterocycles. The molecule has 32 heavy (non-hydrogen) atoms. The summed E-state index contributed by atoms with van der Waals surface area (Å²) in [5.74, 6) is 0.00263. The van der Waals surface area contributed by atoms with E-state index in [0.717, 1.165) is 23.1 Å². The van der Waals surface area contributed by atoms with Crippen LogP contribution in [0.25, 0.3) is 17.0 Å². The molecular formula is C20H17Cl2N7O2S. The number of carbonyl (C=O) groups is 1. The summed E-state index contributed by atoms with van der Waals surface area (Å²) in [6.07, 6.45) is 1.41. The van der Waals surface area contributed by atoms with Crippen LogP contribution >= 0.6 is 35.0 Å². The van der Waals surface area contributed by atoms with Gasteiger partial charge < -0.3 is 10.3 Å². The van der Waals surface area contributed by atoms with Gasteiger partial charge in [-0.1, -0.05) is 35.0 Å². The van der Waals surface area contributed by atoms with Gasteiger partial charge in [0.05, 0.1) is 22.2 Å². The standard InChI is InChI=1S/C20H17Cl2N7O2S/c1-9-6-10(2)25-19(24-9)29-16-13(8-23-29)18(31)28-20(27-16)32-11(3)17(30)26-15-5-4-12(21)7-14(15)22/h4-8,11H,1-3H3,(H,26,30)(H,27,28,31). The lowest BCUT2D eigenvalue weighted by Crippen LogP contribution is -2.23. The molecule has 1 unspecified atom stereocenters. The summed E-state index contributed by atoms with van der Waals surface area (Å²) in [4.78, 5) is 41.1. The molecule has 0 saturated heterocycles. The van der Waals surface area contributed by atoms with E-state index in [9.17, 15) is 9.59 Å². The number of hydrogen-bond acceptors (Lipinski definition) is 7. The molecule has 1 aromatic carbocycles. The summed E-state index contributed by atoms with van der Waals surface area (Å²) in [6, 6.07) is 6.63. The Labute approximate surface area is 196 Å². The molecule has 4 aromatic rings. The summed E-state index contributed by atoms with van der Waals surface area (Å²) in [7, 11) is 0. The van der Waals surface area contributed by atoms with E-state index in [1.54, 1.807) is 25.1 Å². The van der Waals surface area contributed by atoms with Crippen molar-refractivity contribution in [2.45, 2.75) is 31.2 Å². The number of anilines is 1. The number of nitrogens with zero attached hydrogens (tertiary/aromatic N) is 5. The number of carbonyl (C=O) groups excluding carboxylic acids is 1. The van der Waals surface area contributed by atoms with E-state index in [0.29, 0.717) is 32.7 Å². The number of aryl methyl sites for hydroxylation is 2. The van der Waals surface area contributed by atoms with Gasteiger partial charge in [-0.25, -0.2) is 15.0 Å². The lowest BCUT2D eigenvalue weighted by Gasteiger charge is -2.12. The number of thioether (sulfide) groups is 1. The number of hydrogen-bond donors (Lipinski definition) is 2. The molecule has 0 fully saturated rings. The van der Waals surface area contributed by atoms with Crippen LogP contribution < -0.4 is 10.9 Å². The zero-order valence-corrected chi connectivity index (χ0v) is 19.5. The highest BCUT2D eigenvalue weighted by Crippen LogP contribution is 2.27. The first kappa shape index (κ1) is 22.3. The van der Waals surface area contributed by atoms with Crippen LogP contribution in [-0.2, 0) is 4.79 Å². The lowest BCUT2D eigenvalue weighted by atomic mass is 10.3. The van der Waals surface area contributed by atoms with E-state index in [4.69, 9.17) is 23.2 Å². The van der Waals surface area contributed by atoms with Crippen molar-refractivity contribution in [3.63, 3.8) is 0 Å². The molecular weight excluding hydrogens is 473 g/mol. The van der Waals surface area contributed by atoms with Gasteiger partial charge in [0, 0.05) is 16.4 Å². The lowest BCUT2D eigenvalue weighted by molar-refractivity contribution is -0.115. The van der Waals surface area contributed by atoms with Crippen LogP contribution in [0.2, 0.25) is 10.0 Å². The Balaban J connectivity index is 1.61. The average molecular weight is 490 g/mol. The predicted molar refractivity (Wildman–Crippen MR) is 125 cm³/mol. The SMILES string of the molecule is Cc1cc(C)nc(-n2ncc3c(=O)[nH]c(SC(C)C(=O)Nc4ccc(Cl)cc4Cl)nc32)n1. The fraction of sp³-hybridized carbons (Fsp3) is 0.200. The van der Waals surface area contributed by atoms with E-state index >= 15 is 0 Å². The number of amides is 1. The number of H-pyrrole nitrogens is 1. The average Bonchev–Trinajstić information content (AvgIpc) is 3.14. The topological polar surface area (TPSA) is 118 Å². The van der Waals surface area contributed by atoms with Crippen molar-refractivity contribution in [3.05, 3.63) is 62.2 Å². The fourth-order valence-corrected chi connectivity index (χ4v) is 4.20. The molecule has 1 atom stereocenters. The van der Waals surface area contributed by atoms with Crippen LogP contribution in [0.3, 0.4) is 0 Å². The Morgan fingerprint density at radius 1 is 1.16 bits per heavy atom. The molecule has 0 saturated carbocycles. The summed E-state index contributed by atoms with van der Waals surface area (Å²) < 4.78 is 1.41. The van der Waals surface area contributed by atoms with Gasteiger partial charge in [0.25, 0.3) is 11.5 Å².